The summed E-state index contributed by atoms with van der Waals surface area (Å²) in [5.41, 5.74) is 1.13. The number of hydrogen-bond acceptors (Lipinski definition) is 4. The Kier molecular flexibility index (Phi) is 3.05. The molecular formula is C11H16N4O. The van der Waals surface area contributed by atoms with Gasteiger partial charge >= 0.3 is 0 Å². The molecule has 2 aromatic heterocycles. The minimum absolute atomic E-state index is 0.150. The summed E-state index contributed by atoms with van der Waals surface area (Å²) in [5.74, 6) is 0.926. The maximum Gasteiger partial charge on any atom is 0.149 e. The van der Waals surface area contributed by atoms with Gasteiger partial charge < -0.3 is 14.3 Å². The standard InChI is InChI=1S/C11H16N4O/c1-8(10-4-5-16-6-10)13-9(2)11-14-12-7-15(11)3/h4-9,13H,1-3H3. The molecule has 5 nitrogen and oxygen atoms in total. The molecule has 0 aliphatic carbocycles. The lowest BCUT2D eigenvalue weighted by Gasteiger charge is -2.18. The summed E-state index contributed by atoms with van der Waals surface area (Å²) in [5, 5.41) is 11.4. The van der Waals surface area contributed by atoms with Crippen molar-refractivity contribution in [2.45, 2.75) is 25.9 Å². The Morgan fingerprint density at radius 1 is 1.38 bits per heavy atom. The molecule has 0 radical (unpaired) electrons. The van der Waals surface area contributed by atoms with Crippen LogP contribution in [0.1, 0.15) is 37.3 Å². The Balaban J connectivity index is 2.03. The van der Waals surface area contributed by atoms with Gasteiger partial charge in [-0.1, -0.05) is 0 Å². The number of aryl methyl sites for hydroxylation is 1. The summed E-state index contributed by atoms with van der Waals surface area (Å²) in [4.78, 5) is 0. The largest absolute Gasteiger partial charge is 0.472 e. The van der Waals surface area contributed by atoms with Gasteiger partial charge in [-0.25, -0.2) is 0 Å². The molecule has 5 heteroatoms. The van der Waals surface area contributed by atoms with E-state index in [2.05, 4.69) is 29.4 Å². The minimum Gasteiger partial charge on any atom is -0.472 e. The van der Waals surface area contributed by atoms with Crippen molar-refractivity contribution in [3.8, 4) is 0 Å². The second-order valence-corrected chi connectivity index (χ2v) is 3.97. The van der Waals surface area contributed by atoms with E-state index < -0.39 is 0 Å². The Bertz CT molecular complexity index is 435. The first-order chi connectivity index (χ1) is 7.68. The number of nitrogens with one attached hydrogen (secondary N) is 1. The smallest absolute Gasteiger partial charge is 0.149 e. The zero-order chi connectivity index (χ0) is 11.5. The van der Waals surface area contributed by atoms with Crippen LogP contribution in [0.25, 0.3) is 0 Å². The van der Waals surface area contributed by atoms with Crippen molar-refractivity contribution < 1.29 is 4.42 Å². The maximum atomic E-state index is 5.06. The highest BCUT2D eigenvalue weighted by Gasteiger charge is 2.15. The second-order valence-electron chi connectivity index (χ2n) is 3.97. The zero-order valence-corrected chi connectivity index (χ0v) is 9.71. The third kappa shape index (κ3) is 2.14. The van der Waals surface area contributed by atoms with Crippen LogP contribution >= 0.6 is 0 Å². The first kappa shape index (κ1) is 10.9. The molecule has 0 fully saturated rings. The van der Waals surface area contributed by atoms with Gasteiger partial charge in [0.05, 0.1) is 18.6 Å². The lowest BCUT2D eigenvalue weighted by Crippen LogP contribution is -2.24. The molecule has 0 bridgehead atoms. The van der Waals surface area contributed by atoms with E-state index in [0.29, 0.717) is 0 Å². The van der Waals surface area contributed by atoms with Crippen LogP contribution in [0.4, 0.5) is 0 Å². The average Bonchev–Trinajstić information content (AvgIpc) is 2.86. The van der Waals surface area contributed by atoms with Crippen LogP contribution in [0.15, 0.2) is 29.3 Å². The average molecular weight is 220 g/mol. The molecule has 16 heavy (non-hydrogen) atoms. The fraction of sp³-hybridized carbons (Fsp3) is 0.455. The number of nitrogens with zero attached hydrogens (tertiary/aromatic N) is 3. The van der Waals surface area contributed by atoms with Gasteiger partial charge in [0.15, 0.2) is 0 Å². The third-order valence-corrected chi connectivity index (χ3v) is 2.68. The molecule has 1 N–H and O–H groups in total. The summed E-state index contributed by atoms with van der Waals surface area (Å²) in [6.45, 7) is 4.16. The van der Waals surface area contributed by atoms with Crippen LogP contribution in [0, 0.1) is 0 Å². The summed E-state index contributed by atoms with van der Waals surface area (Å²) in [7, 11) is 1.94. The molecular weight excluding hydrogens is 204 g/mol. The Morgan fingerprint density at radius 2 is 2.19 bits per heavy atom. The van der Waals surface area contributed by atoms with Crippen LogP contribution in [0.5, 0.6) is 0 Å². The molecule has 0 spiro atoms. The van der Waals surface area contributed by atoms with Gasteiger partial charge in [-0.05, 0) is 19.9 Å². The van der Waals surface area contributed by atoms with Gasteiger partial charge in [-0.2, -0.15) is 0 Å². The van der Waals surface area contributed by atoms with Gasteiger partial charge in [0.1, 0.15) is 12.2 Å². The zero-order valence-electron chi connectivity index (χ0n) is 9.71. The van der Waals surface area contributed by atoms with Crippen molar-refractivity contribution >= 4 is 0 Å². The summed E-state index contributed by atoms with van der Waals surface area (Å²) < 4.78 is 6.97. The number of aromatic nitrogens is 3. The number of rotatable bonds is 4. The maximum absolute atomic E-state index is 5.06. The fourth-order valence-corrected chi connectivity index (χ4v) is 1.75. The van der Waals surface area contributed by atoms with E-state index in [-0.39, 0.29) is 12.1 Å². The molecule has 0 saturated carbocycles. The monoisotopic (exact) mass is 220 g/mol. The van der Waals surface area contributed by atoms with Gasteiger partial charge in [0, 0.05) is 18.7 Å². The molecule has 2 heterocycles. The minimum atomic E-state index is 0.150. The molecule has 2 unspecified atom stereocenters. The molecule has 0 aliphatic heterocycles. The SMILES string of the molecule is CC(NC(C)c1nncn1C)c1ccoc1. The van der Waals surface area contributed by atoms with Crippen molar-refractivity contribution in [2.75, 3.05) is 0 Å². The molecule has 2 atom stereocenters. The summed E-state index contributed by atoms with van der Waals surface area (Å²) in [6, 6.07) is 2.34. The third-order valence-electron chi connectivity index (χ3n) is 2.68. The van der Waals surface area contributed by atoms with E-state index in [0.717, 1.165) is 11.4 Å². The normalized spacial score (nSPS) is 14.9. The van der Waals surface area contributed by atoms with Crippen molar-refractivity contribution in [3.05, 3.63) is 36.3 Å². The van der Waals surface area contributed by atoms with Crippen LogP contribution in [0.2, 0.25) is 0 Å². The Morgan fingerprint density at radius 3 is 2.75 bits per heavy atom. The fourth-order valence-electron chi connectivity index (χ4n) is 1.75. The molecule has 2 rings (SSSR count). The molecule has 0 saturated heterocycles. The predicted molar refractivity (Wildman–Crippen MR) is 59.7 cm³/mol. The predicted octanol–water partition coefficient (Wildman–Crippen LogP) is 1.82. The van der Waals surface area contributed by atoms with Gasteiger partial charge in [0.25, 0.3) is 0 Å². The molecule has 0 aromatic carbocycles. The van der Waals surface area contributed by atoms with Gasteiger partial charge in [-0.3, -0.25) is 0 Å². The van der Waals surface area contributed by atoms with Crippen LogP contribution in [0.3, 0.4) is 0 Å². The van der Waals surface area contributed by atoms with Crippen molar-refractivity contribution in [1.82, 2.24) is 20.1 Å². The summed E-state index contributed by atoms with van der Waals surface area (Å²) in [6.07, 6.45) is 5.14. The quantitative estimate of drug-likeness (QED) is 0.854. The number of furan rings is 1. The Labute approximate surface area is 94.5 Å². The van der Waals surface area contributed by atoms with E-state index in [1.165, 1.54) is 0 Å². The van der Waals surface area contributed by atoms with E-state index in [4.69, 9.17) is 4.42 Å². The molecule has 2 aromatic rings. The second kappa shape index (κ2) is 4.49. The molecule has 86 valence electrons. The van der Waals surface area contributed by atoms with E-state index in [1.807, 2.05) is 17.7 Å². The van der Waals surface area contributed by atoms with Crippen molar-refractivity contribution in [1.29, 1.82) is 0 Å². The highest BCUT2D eigenvalue weighted by molar-refractivity contribution is 5.11. The first-order valence-electron chi connectivity index (χ1n) is 5.30. The lowest BCUT2D eigenvalue weighted by atomic mass is 10.1. The van der Waals surface area contributed by atoms with Crippen LogP contribution < -0.4 is 5.32 Å². The summed E-state index contributed by atoms with van der Waals surface area (Å²) >= 11 is 0. The van der Waals surface area contributed by atoms with E-state index in [1.54, 1.807) is 18.9 Å². The van der Waals surface area contributed by atoms with Crippen LogP contribution in [-0.2, 0) is 7.05 Å². The highest BCUT2D eigenvalue weighted by atomic mass is 16.3. The van der Waals surface area contributed by atoms with E-state index >= 15 is 0 Å². The molecule has 0 aliphatic rings. The lowest BCUT2D eigenvalue weighted by molar-refractivity contribution is 0.461. The van der Waals surface area contributed by atoms with Crippen LogP contribution in [-0.4, -0.2) is 14.8 Å². The molecule has 0 amide bonds. The van der Waals surface area contributed by atoms with Crippen molar-refractivity contribution in [3.63, 3.8) is 0 Å². The van der Waals surface area contributed by atoms with Gasteiger partial charge in [-0.15, -0.1) is 10.2 Å². The Hall–Kier alpha value is -1.62. The number of hydrogen-bond donors (Lipinski definition) is 1. The topological polar surface area (TPSA) is 55.9 Å². The van der Waals surface area contributed by atoms with E-state index in [9.17, 15) is 0 Å². The first-order valence-corrected chi connectivity index (χ1v) is 5.30. The highest BCUT2D eigenvalue weighted by Crippen LogP contribution is 2.17. The van der Waals surface area contributed by atoms with Crippen molar-refractivity contribution in [2.24, 2.45) is 7.05 Å². The van der Waals surface area contributed by atoms with Gasteiger partial charge in [0.2, 0.25) is 0 Å².